The molecule has 7 aromatic carbocycles. The average Bonchev–Trinajstić information content (AvgIpc) is 3.92. The van der Waals surface area contributed by atoms with E-state index in [9.17, 15) is 0 Å². The molecule has 0 spiro atoms. The van der Waals surface area contributed by atoms with E-state index in [-0.39, 0.29) is 17.8 Å². The van der Waals surface area contributed by atoms with Gasteiger partial charge >= 0.3 is 0 Å². The van der Waals surface area contributed by atoms with Gasteiger partial charge in [-0.25, -0.2) is 15.0 Å². The minimum atomic E-state index is -0.460. The lowest BCUT2D eigenvalue weighted by Crippen LogP contribution is -2.02. The molecule has 4 heterocycles. The normalized spacial score (nSPS) is 13.3. The molecule has 0 amide bonds. The summed E-state index contributed by atoms with van der Waals surface area (Å²) in [7, 11) is 0. The highest BCUT2D eigenvalue weighted by Crippen LogP contribution is 2.40. The Labute approximate surface area is 297 Å². The van der Waals surface area contributed by atoms with Gasteiger partial charge in [0.05, 0.1) is 23.5 Å². The fourth-order valence-corrected chi connectivity index (χ4v) is 7.32. The van der Waals surface area contributed by atoms with Crippen LogP contribution in [-0.2, 0) is 0 Å². The van der Waals surface area contributed by atoms with Crippen molar-refractivity contribution in [2.75, 3.05) is 0 Å². The summed E-state index contributed by atoms with van der Waals surface area (Å²) in [5.74, 6) is 1.09. The van der Waals surface area contributed by atoms with E-state index in [0.717, 1.165) is 43.5 Å². The van der Waals surface area contributed by atoms with Crippen molar-refractivity contribution in [2.24, 2.45) is 0 Å². The molecule has 0 bridgehead atoms. The van der Waals surface area contributed by atoms with Gasteiger partial charge in [0.2, 0.25) is 0 Å². The van der Waals surface area contributed by atoms with Gasteiger partial charge in [0.25, 0.3) is 0 Å². The van der Waals surface area contributed by atoms with E-state index in [1.807, 2.05) is 127 Å². The van der Waals surface area contributed by atoms with Crippen LogP contribution in [0.1, 0.15) is 6.85 Å². The third-order valence-corrected chi connectivity index (χ3v) is 9.56. The minimum absolute atomic E-state index is 0.0338. The SMILES string of the molecule is [2H]c1c([2H])c([2H])c(-n2c3ccccc3c3cccc(-c4nc(-c5ccc6c(c5)oc5ccccc56)nc(-c5cccc6c5oc5ccccc56)n4)c32)c([2H])c1[2H]. The molecule has 51 heavy (non-hydrogen) atoms. The Hall–Kier alpha value is -7.05. The number of hydrogen-bond donors (Lipinski definition) is 0. The maximum absolute atomic E-state index is 9.01. The third-order valence-electron chi connectivity index (χ3n) is 9.56. The first kappa shape index (κ1) is 23.3. The number of aromatic nitrogens is 4. The number of benzene rings is 7. The Morgan fingerprint density at radius 2 is 1.08 bits per heavy atom. The molecule has 0 aliphatic carbocycles. The van der Waals surface area contributed by atoms with Crippen molar-refractivity contribution in [1.29, 1.82) is 0 Å². The second-order valence-corrected chi connectivity index (χ2v) is 12.4. The zero-order valence-electron chi connectivity index (χ0n) is 31.7. The van der Waals surface area contributed by atoms with E-state index in [2.05, 4.69) is 0 Å². The molecule has 6 nitrogen and oxygen atoms in total. The van der Waals surface area contributed by atoms with Crippen LogP contribution < -0.4 is 0 Å². The number of fused-ring (bicyclic) bond motifs is 9. The number of para-hydroxylation sites is 6. The van der Waals surface area contributed by atoms with Crippen LogP contribution in [0.4, 0.5) is 0 Å². The Kier molecular flexibility index (Phi) is 4.91. The van der Waals surface area contributed by atoms with Crippen LogP contribution in [0, 0.1) is 0 Å². The van der Waals surface area contributed by atoms with Crippen molar-refractivity contribution in [3.8, 4) is 39.9 Å². The lowest BCUT2D eigenvalue weighted by molar-refractivity contribution is 0.668. The van der Waals surface area contributed by atoms with Crippen molar-refractivity contribution >= 4 is 65.7 Å². The summed E-state index contributed by atoms with van der Waals surface area (Å²) in [5, 5.41) is 5.52. The molecule has 0 N–H and O–H groups in total. The van der Waals surface area contributed by atoms with Gasteiger partial charge in [-0.1, -0.05) is 103 Å². The fourth-order valence-electron chi connectivity index (χ4n) is 7.32. The number of rotatable bonds is 4. The van der Waals surface area contributed by atoms with Crippen LogP contribution in [0.5, 0.6) is 0 Å². The predicted molar refractivity (Wildman–Crippen MR) is 205 cm³/mol. The molecule has 11 aromatic rings. The molecule has 238 valence electrons. The minimum Gasteiger partial charge on any atom is -0.456 e. The molecular formula is C45H26N4O2. The molecule has 0 atom stereocenters. The standard InChI is InChI=1S/C45H26N4O2/c1-2-12-28(13-3-1)49-37-21-7-4-14-29(37)33-17-10-19-35(41(33)49)44-46-43(27-24-25-32-30-15-5-8-22-38(30)50-40(32)26-27)47-45(48-44)36-20-11-18-34-31-16-6-9-23-39(31)51-42(34)36/h1-26H/i1D,2D,3D,12D,13D. The van der Waals surface area contributed by atoms with E-state index in [1.54, 1.807) is 4.57 Å². The molecule has 0 radical (unpaired) electrons. The lowest BCUT2D eigenvalue weighted by atomic mass is 10.1. The molecule has 4 aromatic heterocycles. The molecule has 0 saturated heterocycles. The third kappa shape index (κ3) is 4.20. The van der Waals surface area contributed by atoms with Crippen molar-refractivity contribution in [3.63, 3.8) is 0 Å². The summed E-state index contributed by atoms with van der Waals surface area (Å²) >= 11 is 0. The van der Waals surface area contributed by atoms with Gasteiger partial charge in [0.15, 0.2) is 17.5 Å². The van der Waals surface area contributed by atoms with E-state index in [1.165, 1.54) is 0 Å². The zero-order valence-corrected chi connectivity index (χ0v) is 26.7. The van der Waals surface area contributed by atoms with Gasteiger partial charge in [-0.05, 0) is 54.5 Å². The fraction of sp³-hybridized carbons (Fsp3) is 0. The number of furan rings is 2. The van der Waals surface area contributed by atoms with Crippen LogP contribution in [0.3, 0.4) is 0 Å². The second-order valence-electron chi connectivity index (χ2n) is 12.4. The topological polar surface area (TPSA) is 69.9 Å². The molecular weight excluding hydrogens is 629 g/mol. The molecule has 0 fully saturated rings. The lowest BCUT2D eigenvalue weighted by Gasteiger charge is -2.12. The Bertz CT molecular complexity index is 3430. The molecule has 11 rings (SSSR count). The van der Waals surface area contributed by atoms with Gasteiger partial charge in [-0.2, -0.15) is 0 Å². The van der Waals surface area contributed by atoms with Gasteiger partial charge < -0.3 is 13.4 Å². The molecule has 0 aliphatic heterocycles. The maximum Gasteiger partial charge on any atom is 0.167 e. The summed E-state index contributed by atoms with van der Waals surface area (Å²) in [6.45, 7) is 0. The highest BCUT2D eigenvalue weighted by molar-refractivity contribution is 6.14. The van der Waals surface area contributed by atoms with Crippen molar-refractivity contribution in [1.82, 2.24) is 19.5 Å². The highest BCUT2D eigenvalue weighted by atomic mass is 16.3. The molecule has 6 heteroatoms. The van der Waals surface area contributed by atoms with E-state index in [0.29, 0.717) is 56.4 Å². The van der Waals surface area contributed by atoms with Crippen LogP contribution in [0.25, 0.3) is 106 Å². The monoisotopic (exact) mass is 659 g/mol. The summed E-state index contributed by atoms with van der Waals surface area (Å²) in [6, 6.07) is 39.1. The average molecular weight is 660 g/mol. The van der Waals surface area contributed by atoms with Crippen LogP contribution in [-0.4, -0.2) is 19.5 Å². The van der Waals surface area contributed by atoms with Crippen molar-refractivity contribution < 1.29 is 15.7 Å². The Balaban J connectivity index is 1.24. The van der Waals surface area contributed by atoms with Gasteiger partial charge in [-0.15, -0.1) is 0 Å². The second kappa shape index (κ2) is 10.7. The summed E-state index contributed by atoms with van der Waals surface area (Å²) in [4.78, 5) is 15.4. The van der Waals surface area contributed by atoms with Crippen LogP contribution in [0.2, 0.25) is 0 Å². The van der Waals surface area contributed by atoms with Gasteiger partial charge in [0.1, 0.15) is 22.3 Å². The Morgan fingerprint density at radius 3 is 1.90 bits per heavy atom. The largest absolute Gasteiger partial charge is 0.456 e. The molecule has 0 saturated carbocycles. The van der Waals surface area contributed by atoms with Crippen molar-refractivity contribution in [2.45, 2.75) is 0 Å². The summed E-state index contributed by atoms with van der Waals surface area (Å²) in [6.07, 6.45) is 0. The van der Waals surface area contributed by atoms with Crippen LogP contribution in [0.15, 0.2) is 166 Å². The Morgan fingerprint density at radius 1 is 0.471 bits per heavy atom. The molecule has 0 aliphatic rings. The van der Waals surface area contributed by atoms with E-state index < -0.39 is 18.1 Å². The first-order valence-corrected chi connectivity index (χ1v) is 16.5. The first-order chi connectivity index (χ1) is 27.4. The van der Waals surface area contributed by atoms with Gasteiger partial charge in [-0.3, -0.25) is 0 Å². The van der Waals surface area contributed by atoms with E-state index in [4.69, 9.17) is 30.6 Å². The smallest absolute Gasteiger partial charge is 0.167 e. The maximum atomic E-state index is 9.01. The quantitative estimate of drug-likeness (QED) is 0.188. The summed E-state index contributed by atoms with van der Waals surface area (Å²) in [5.41, 5.74) is 6.10. The van der Waals surface area contributed by atoms with Crippen LogP contribution >= 0.6 is 0 Å². The highest BCUT2D eigenvalue weighted by Gasteiger charge is 2.22. The first-order valence-electron chi connectivity index (χ1n) is 19.0. The van der Waals surface area contributed by atoms with E-state index >= 15 is 0 Å². The predicted octanol–water partition coefficient (Wildman–Crippen LogP) is 11.8. The van der Waals surface area contributed by atoms with Gasteiger partial charge in [0, 0.05) is 49.1 Å². The number of hydrogen-bond acceptors (Lipinski definition) is 5. The van der Waals surface area contributed by atoms with Crippen molar-refractivity contribution in [3.05, 3.63) is 158 Å². The molecule has 0 unspecified atom stereocenters. The zero-order chi connectivity index (χ0) is 37.8. The summed E-state index contributed by atoms with van der Waals surface area (Å²) < 4.78 is 57.9. The number of nitrogens with zero attached hydrogens (tertiary/aromatic N) is 4.